The topological polar surface area (TPSA) is 125 Å². The number of carbonyl (C=O) groups is 1. The number of hydrogen-bond donors (Lipinski definition) is 2. The molecule has 0 saturated heterocycles. The lowest BCUT2D eigenvalue weighted by Crippen LogP contribution is -2.10. The van der Waals surface area contributed by atoms with Crippen molar-refractivity contribution in [2.45, 2.75) is 12.8 Å². The minimum absolute atomic E-state index is 0.0344. The van der Waals surface area contributed by atoms with Crippen LogP contribution >= 0.6 is 0 Å². The van der Waals surface area contributed by atoms with E-state index in [2.05, 4.69) is 15.0 Å². The lowest BCUT2D eigenvalue weighted by molar-refractivity contribution is -0.143. The minimum atomic E-state index is -0.541. The van der Waals surface area contributed by atoms with E-state index in [9.17, 15) is 15.2 Å². The van der Waals surface area contributed by atoms with Crippen LogP contribution in [0.4, 0.5) is 0 Å². The van der Waals surface area contributed by atoms with E-state index in [1.165, 1.54) is 0 Å². The zero-order valence-electron chi connectivity index (χ0n) is 15.3. The Hall–Kier alpha value is -4.12. The number of aryl methyl sites for hydroxylation is 1. The third kappa shape index (κ3) is 3.94. The first kappa shape index (κ1) is 18.3. The monoisotopic (exact) mass is 388 g/mol. The fourth-order valence-corrected chi connectivity index (χ4v) is 2.85. The van der Waals surface area contributed by atoms with Gasteiger partial charge in [0.2, 0.25) is 0 Å². The van der Waals surface area contributed by atoms with Gasteiger partial charge in [0.15, 0.2) is 23.1 Å². The summed E-state index contributed by atoms with van der Waals surface area (Å²) in [5.74, 6) is -0.265. The van der Waals surface area contributed by atoms with Crippen molar-refractivity contribution in [1.29, 1.82) is 5.26 Å². The largest absolute Gasteiger partial charge is 0.507 e. The number of oxazole rings is 1. The summed E-state index contributed by atoms with van der Waals surface area (Å²) in [6.07, 6.45) is 0.305. The highest BCUT2D eigenvalue weighted by Gasteiger charge is 2.15. The Kier molecular flexibility index (Phi) is 4.95. The van der Waals surface area contributed by atoms with Crippen LogP contribution in [0.2, 0.25) is 0 Å². The van der Waals surface area contributed by atoms with Crippen LogP contribution in [-0.4, -0.2) is 32.6 Å². The first-order valence-electron chi connectivity index (χ1n) is 8.91. The molecule has 8 nitrogen and oxygen atoms in total. The van der Waals surface area contributed by atoms with E-state index in [0.717, 1.165) is 11.0 Å². The number of imidazole rings is 1. The quantitative estimate of drug-likeness (QED) is 0.293. The molecule has 0 atom stereocenters. The fourth-order valence-electron chi connectivity index (χ4n) is 2.85. The maximum absolute atomic E-state index is 12.0. The number of allylic oxidation sites excluding steroid dienone is 1. The average molecular weight is 388 g/mol. The molecule has 0 unspecified atom stereocenters. The molecule has 2 heterocycles. The van der Waals surface area contributed by atoms with Crippen LogP contribution in [0.25, 0.3) is 27.7 Å². The Morgan fingerprint density at radius 1 is 1.14 bits per heavy atom. The summed E-state index contributed by atoms with van der Waals surface area (Å²) in [6.45, 7) is -0.424. The van der Waals surface area contributed by atoms with Crippen molar-refractivity contribution >= 4 is 33.7 Å². The third-order valence-electron chi connectivity index (χ3n) is 4.28. The number of aromatic nitrogens is 3. The van der Waals surface area contributed by atoms with Crippen molar-refractivity contribution < 1.29 is 19.1 Å². The molecule has 0 radical (unpaired) electrons. The van der Waals surface area contributed by atoms with Crippen molar-refractivity contribution in [2.24, 2.45) is 0 Å². The summed E-state index contributed by atoms with van der Waals surface area (Å²) in [7, 11) is 0. The van der Waals surface area contributed by atoms with E-state index in [-0.39, 0.29) is 30.0 Å². The van der Waals surface area contributed by atoms with Gasteiger partial charge in [0.25, 0.3) is 0 Å². The highest BCUT2D eigenvalue weighted by atomic mass is 16.5. The predicted octanol–water partition coefficient (Wildman–Crippen LogP) is 3.67. The lowest BCUT2D eigenvalue weighted by Gasteiger charge is -2.04. The molecule has 2 aromatic carbocycles. The average Bonchev–Trinajstić information content (AvgIpc) is 3.34. The molecule has 2 N–H and O–H groups in total. The number of esters is 1. The summed E-state index contributed by atoms with van der Waals surface area (Å²) in [5.41, 5.74) is 2.70. The smallest absolute Gasteiger partial charge is 0.306 e. The molecule has 0 aliphatic heterocycles. The zero-order valence-corrected chi connectivity index (χ0v) is 15.3. The second-order valence-corrected chi connectivity index (χ2v) is 6.27. The van der Waals surface area contributed by atoms with E-state index in [1.54, 1.807) is 12.1 Å². The molecular formula is C21H16N4O4. The molecule has 0 spiro atoms. The number of aliphatic hydroxyl groups is 1. The van der Waals surface area contributed by atoms with E-state index in [4.69, 9.17) is 9.15 Å². The van der Waals surface area contributed by atoms with Crippen LogP contribution in [-0.2, 0) is 16.0 Å². The standard InChI is InChI=1S/C21H16N4O4/c22-11-13(21-24-14-5-1-2-6-15(14)25-21)17(26)12-28-20(27)10-9-19-23-16-7-3-4-8-18(16)29-19/h1-8,26H,9-10,12H2,(H,24,25)/b17-13-. The number of nitrogens with one attached hydrogen (secondary N) is 1. The van der Waals surface area contributed by atoms with Gasteiger partial charge in [0.05, 0.1) is 17.5 Å². The number of aromatic amines is 1. The van der Waals surface area contributed by atoms with Crippen LogP contribution in [0.3, 0.4) is 0 Å². The van der Waals surface area contributed by atoms with E-state index in [1.807, 2.05) is 42.5 Å². The Morgan fingerprint density at radius 2 is 1.90 bits per heavy atom. The number of fused-ring (bicyclic) bond motifs is 2. The van der Waals surface area contributed by atoms with E-state index >= 15 is 0 Å². The molecular weight excluding hydrogens is 372 g/mol. The van der Waals surface area contributed by atoms with Gasteiger partial charge >= 0.3 is 5.97 Å². The molecule has 0 saturated carbocycles. The molecule has 0 bridgehead atoms. The van der Waals surface area contributed by atoms with Gasteiger partial charge in [0.1, 0.15) is 23.8 Å². The number of rotatable bonds is 6. The molecule has 29 heavy (non-hydrogen) atoms. The highest BCUT2D eigenvalue weighted by Crippen LogP contribution is 2.19. The summed E-state index contributed by atoms with van der Waals surface area (Å²) in [5, 5.41) is 19.6. The normalized spacial score (nSPS) is 12.0. The van der Waals surface area contributed by atoms with Crippen LogP contribution < -0.4 is 0 Å². The first-order valence-corrected chi connectivity index (χ1v) is 8.91. The molecule has 0 fully saturated rings. The van der Waals surface area contributed by atoms with Gasteiger partial charge in [-0.25, -0.2) is 9.97 Å². The van der Waals surface area contributed by atoms with Gasteiger partial charge in [-0.15, -0.1) is 0 Å². The van der Waals surface area contributed by atoms with E-state index in [0.29, 0.717) is 17.0 Å². The fraction of sp³-hybridized carbons (Fsp3) is 0.143. The number of benzene rings is 2. The molecule has 144 valence electrons. The van der Waals surface area contributed by atoms with Gasteiger partial charge in [-0.3, -0.25) is 4.79 Å². The number of para-hydroxylation sites is 4. The summed E-state index contributed by atoms with van der Waals surface area (Å²) in [4.78, 5) is 23.5. The lowest BCUT2D eigenvalue weighted by atomic mass is 10.2. The Labute approximate surface area is 165 Å². The van der Waals surface area contributed by atoms with Crippen LogP contribution in [0.1, 0.15) is 18.1 Å². The van der Waals surface area contributed by atoms with Gasteiger partial charge in [0, 0.05) is 6.42 Å². The van der Waals surface area contributed by atoms with Gasteiger partial charge in [-0.05, 0) is 24.3 Å². The molecule has 2 aromatic heterocycles. The maximum atomic E-state index is 12.0. The summed E-state index contributed by atoms with van der Waals surface area (Å²) in [6, 6.07) is 16.5. The number of ether oxygens (including phenoxy) is 1. The van der Waals surface area contributed by atoms with Gasteiger partial charge in [-0.1, -0.05) is 24.3 Å². The number of carbonyl (C=O) groups excluding carboxylic acids is 1. The molecule has 0 aliphatic rings. The number of nitrogens with zero attached hydrogens (tertiary/aromatic N) is 3. The van der Waals surface area contributed by atoms with Crippen LogP contribution in [0, 0.1) is 11.3 Å². The van der Waals surface area contributed by atoms with Crippen molar-refractivity contribution in [3.63, 3.8) is 0 Å². The van der Waals surface area contributed by atoms with E-state index < -0.39 is 12.6 Å². The molecule has 8 heteroatoms. The molecule has 0 aliphatic carbocycles. The predicted molar refractivity (Wildman–Crippen MR) is 105 cm³/mol. The SMILES string of the molecule is N#C/C(=C(/O)COC(=O)CCc1nc2ccccc2o1)c1nc2ccccc2[nH]1. The number of hydrogen-bond acceptors (Lipinski definition) is 7. The van der Waals surface area contributed by atoms with Crippen molar-refractivity contribution in [3.8, 4) is 6.07 Å². The maximum Gasteiger partial charge on any atom is 0.306 e. The molecule has 0 amide bonds. The highest BCUT2D eigenvalue weighted by molar-refractivity contribution is 5.83. The minimum Gasteiger partial charge on any atom is -0.507 e. The number of nitriles is 1. The summed E-state index contributed by atoms with van der Waals surface area (Å²) < 4.78 is 10.6. The van der Waals surface area contributed by atoms with Crippen molar-refractivity contribution in [1.82, 2.24) is 15.0 Å². The Bertz CT molecular complexity index is 1200. The second kappa shape index (κ2) is 7.86. The van der Waals surface area contributed by atoms with Crippen molar-refractivity contribution in [2.75, 3.05) is 6.61 Å². The second-order valence-electron chi connectivity index (χ2n) is 6.27. The van der Waals surface area contributed by atoms with Crippen LogP contribution in [0.5, 0.6) is 0 Å². The molecule has 4 aromatic rings. The first-order chi connectivity index (χ1) is 14.1. The van der Waals surface area contributed by atoms with Gasteiger partial charge < -0.3 is 19.2 Å². The number of H-pyrrole nitrogens is 1. The Balaban J connectivity index is 1.38. The van der Waals surface area contributed by atoms with Gasteiger partial charge in [-0.2, -0.15) is 5.26 Å². The van der Waals surface area contributed by atoms with Crippen LogP contribution in [0.15, 0.2) is 58.7 Å². The third-order valence-corrected chi connectivity index (χ3v) is 4.28. The zero-order chi connectivity index (χ0) is 20.2. The Morgan fingerprint density at radius 3 is 2.66 bits per heavy atom. The summed E-state index contributed by atoms with van der Waals surface area (Å²) >= 11 is 0. The van der Waals surface area contributed by atoms with Crippen molar-refractivity contribution in [3.05, 3.63) is 66.0 Å². The number of aliphatic hydroxyl groups excluding tert-OH is 1. The molecule has 4 rings (SSSR count).